The van der Waals surface area contributed by atoms with Crippen molar-refractivity contribution in [3.63, 3.8) is 0 Å². The van der Waals surface area contributed by atoms with Gasteiger partial charge in [-0.25, -0.2) is 0 Å². The van der Waals surface area contributed by atoms with Crippen molar-refractivity contribution in [1.82, 2.24) is 15.5 Å². The van der Waals surface area contributed by atoms with Crippen LogP contribution in [-0.2, 0) is 14.2 Å². The highest BCUT2D eigenvalue weighted by molar-refractivity contribution is 5.79. The Bertz CT molecular complexity index is 329. The number of nitrogens with zero attached hydrogens (tertiary/aromatic N) is 2. The summed E-state index contributed by atoms with van der Waals surface area (Å²) in [5, 5.41) is 6.68. The van der Waals surface area contributed by atoms with Crippen LogP contribution in [0.3, 0.4) is 0 Å². The van der Waals surface area contributed by atoms with Gasteiger partial charge in [-0.2, -0.15) is 0 Å². The molecule has 23 heavy (non-hydrogen) atoms. The summed E-state index contributed by atoms with van der Waals surface area (Å²) < 4.78 is 16.4. The SMILES string of the molecule is CN=C(NCCCOCC1CCOC1)NCCN1CCOCC1. The number of hydrogen-bond acceptors (Lipinski definition) is 5. The topological polar surface area (TPSA) is 67.4 Å². The second-order valence-electron chi connectivity index (χ2n) is 6.04. The van der Waals surface area contributed by atoms with Gasteiger partial charge in [-0.15, -0.1) is 0 Å². The van der Waals surface area contributed by atoms with Gasteiger partial charge in [-0.3, -0.25) is 9.89 Å². The normalized spacial score (nSPS) is 23.2. The second-order valence-corrected chi connectivity index (χ2v) is 6.04. The van der Waals surface area contributed by atoms with E-state index in [9.17, 15) is 0 Å². The van der Waals surface area contributed by atoms with E-state index in [0.29, 0.717) is 5.92 Å². The molecule has 1 atom stereocenters. The molecular formula is C16H32N4O3. The molecule has 2 aliphatic rings. The number of aliphatic imine (C=N–C) groups is 1. The van der Waals surface area contributed by atoms with Gasteiger partial charge in [0, 0.05) is 58.9 Å². The van der Waals surface area contributed by atoms with E-state index in [0.717, 1.165) is 91.2 Å². The number of rotatable bonds is 9. The minimum Gasteiger partial charge on any atom is -0.381 e. The van der Waals surface area contributed by atoms with Crippen molar-refractivity contribution in [2.45, 2.75) is 12.8 Å². The molecule has 7 nitrogen and oxygen atoms in total. The molecule has 2 fully saturated rings. The molecule has 2 heterocycles. The van der Waals surface area contributed by atoms with Crippen molar-refractivity contribution in [3.05, 3.63) is 0 Å². The minimum atomic E-state index is 0.595. The van der Waals surface area contributed by atoms with Crippen LogP contribution in [0.5, 0.6) is 0 Å². The van der Waals surface area contributed by atoms with Crippen molar-refractivity contribution < 1.29 is 14.2 Å². The third kappa shape index (κ3) is 7.97. The van der Waals surface area contributed by atoms with Gasteiger partial charge in [0.25, 0.3) is 0 Å². The molecule has 0 aromatic rings. The molecule has 0 bridgehead atoms. The van der Waals surface area contributed by atoms with Crippen LogP contribution in [-0.4, -0.2) is 90.3 Å². The molecule has 2 saturated heterocycles. The van der Waals surface area contributed by atoms with E-state index in [-0.39, 0.29) is 0 Å². The summed E-state index contributed by atoms with van der Waals surface area (Å²) in [5.74, 6) is 1.46. The monoisotopic (exact) mass is 328 g/mol. The van der Waals surface area contributed by atoms with Gasteiger partial charge >= 0.3 is 0 Å². The first-order valence-corrected chi connectivity index (χ1v) is 8.78. The highest BCUT2D eigenvalue weighted by Gasteiger charge is 2.15. The van der Waals surface area contributed by atoms with Crippen LogP contribution in [0.2, 0.25) is 0 Å². The van der Waals surface area contributed by atoms with E-state index in [1.807, 2.05) is 0 Å². The number of morpholine rings is 1. The molecule has 134 valence electrons. The maximum absolute atomic E-state index is 5.69. The molecule has 0 aromatic heterocycles. The van der Waals surface area contributed by atoms with Crippen molar-refractivity contribution in [1.29, 1.82) is 0 Å². The molecule has 0 aromatic carbocycles. The molecule has 2 rings (SSSR count). The smallest absolute Gasteiger partial charge is 0.191 e. The van der Waals surface area contributed by atoms with Gasteiger partial charge in [0.05, 0.1) is 26.4 Å². The fraction of sp³-hybridized carbons (Fsp3) is 0.938. The van der Waals surface area contributed by atoms with E-state index >= 15 is 0 Å². The summed E-state index contributed by atoms with van der Waals surface area (Å²) in [4.78, 5) is 6.65. The van der Waals surface area contributed by atoms with Crippen molar-refractivity contribution in [2.75, 3.05) is 79.4 Å². The Balaban J connectivity index is 1.42. The Morgan fingerprint density at radius 1 is 1.17 bits per heavy atom. The van der Waals surface area contributed by atoms with Crippen molar-refractivity contribution in [2.24, 2.45) is 10.9 Å². The van der Waals surface area contributed by atoms with Crippen LogP contribution in [0.1, 0.15) is 12.8 Å². The maximum Gasteiger partial charge on any atom is 0.191 e. The summed E-state index contributed by atoms with van der Waals surface area (Å²) in [7, 11) is 1.81. The van der Waals surface area contributed by atoms with Crippen molar-refractivity contribution in [3.8, 4) is 0 Å². The first-order valence-electron chi connectivity index (χ1n) is 8.78. The molecule has 1 unspecified atom stereocenters. The summed E-state index contributed by atoms with van der Waals surface area (Å²) >= 11 is 0. The van der Waals surface area contributed by atoms with E-state index < -0.39 is 0 Å². The minimum absolute atomic E-state index is 0.595. The van der Waals surface area contributed by atoms with Crippen LogP contribution in [0.4, 0.5) is 0 Å². The zero-order valence-electron chi connectivity index (χ0n) is 14.4. The summed E-state index contributed by atoms with van der Waals surface area (Å²) in [6.07, 6.45) is 2.12. The van der Waals surface area contributed by atoms with Crippen LogP contribution in [0.25, 0.3) is 0 Å². The highest BCUT2D eigenvalue weighted by atomic mass is 16.5. The Hall–Kier alpha value is -0.890. The average Bonchev–Trinajstić information content (AvgIpc) is 3.10. The molecule has 7 heteroatoms. The number of guanidine groups is 1. The van der Waals surface area contributed by atoms with Crippen LogP contribution >= 0.6 is 0 Å². The quantitative estimate of drug-likeness (QED) is 0.351. The van der Waals surface area contributed by atoms with Gasteiger partial charge < -0.3 is 24.8 Å². The van der Waals surface area contributed by atoms with Crippen molar-refractivity contribution >= 4 is 5.96 Å². The third-order valence-electron chi connectivity index (χ3n) is 4.18. The third-order valence-corrected chi connectivity index (χ3v) is 4.18. The molecule has 0 amide bonds. The molecule has 2 N–H and O–H groups in total. The van der Waals surface area contributed by atoms with Gasteiger partial charge in [0.2, 0.25) is 0 Å². The predicted molar refractivity (Wildman–Crippen MR) is 91.0 cm³/mol. The average molecular weight is 328 g/mol. The summed E-state index contributed by atoms with van der Waals surface area (Å²) in [6, 6.07) is 0. The standard InChI is InChI=1S/C16H32N4O3/c1-17-16(19-5-6-20-7-11-21-12-8-20)18-4-2-9-22-13-15-3-10-23-14-15/h15H,2-14H2,1H3,(H2,17,18,19). The summed E-state index contributed by atoms with van der Waals surface area (Å²) in [6.45, 7) is 9.90. The lowest BCUT2D eigenvalue weighted by Gasteiger charge is -2.26. The zero-order chi connectivity index (χ0) is 16.2. The molecular weight excluding hydrogens is 296 g/mol. The zero-order valence-corrected chi connectivity index (χ0v) is 14.4. The fourth-order valence-corrected chi connectivity index (χ4v) is 2.72. The lowest BCUT2D eigenvalue weighted by Crippen LogP contribution is -2.44. The predicted octanol–water partition coefficient (Wildman–Crippen LogP) is -0.0732. The van der Waals surface area contributed by atoms with Gasteiger partial charge in [0.1, 0.15) is 0 Å². The van der Waals surface area contributed by atoms with E-state index in [2.05, 4.69) is 20.5 Å². The highest BCUT2D eigenvalue weighted by Crippen LogP contribution is 2.12. The Labute approximate surface area is 139 Å². The van der Waals surface area contributed by atoms with Crippen LogP contribution in [0.15, 0.2) is 4.99 Å². The fourth-order valence-electron chi connectivity index (χ4n) is 2.72. The lowest BCUT2D eigenvalue weighted by molar-refractivity contribution is 0.0389. The van der Waals surface area contributed by atoms with E-state index in [1.165, 1.54) is 0 Å². The van der Waals surface area contributed by atoms with Gasteiger partial charge in [0.15, 0.2) is 5.96 Å². The summed E-state index contributed by atoms with van der Waals surface area (Å²) in [5.41, 5.74) is 0. The van der Waals surface area contributed by atoms with Crippen LogP contribution in [0, 0.1) is 5.92 Å². The largest absolute Gasteiger partial charge is 0.381 e. The Morgan fingerprint density at radius 2 is 2.00 bits per heavy atom. The molecule has 0 aliphatic carbocycles. The Morgan fingerprint density at radius 3 is 2.74 bits per heavy atom. The van der Waals surface area contributed by atoms with Gasteiger partial charge in [-0.1, -0.05) is 0 Å². The maximum atomic E-state index is 5.69. The Kier molecular flexibility index (Phi) is 9.32. The van der Waals surface area contributed by atoms with E-state index in [1.54, 1.807) is 7.05 Å². The number of hydrogen-bond donors (Lipinski definition) is 2. The van der Waals surface area contributed by atoms with Gasteiger partial charge in [-0.05, 0) is 12.8 Å². The van der Waals surface area contributed by atoms with E-state index in [4.69, 9.17) is 14.2 Å². The number of nitrogens with one attached hydrogen (secondary N) is 2. The lowest BCUT2D eigenvalue weighted by atomic mass is 10.1. The number of ether oxygens (including phenoxy) is 3. The molecule has 0 radical (unpaired) electrons. The first kappa shape index (κ1) is 18.4. The molecule has 0 spiro atoms. The molecule has 0 saturated carbocycles. The molecule has 2 aliphatic heterocycles. The second kappa shape index (κ2) is 11.6. The first-order chi connectivity index (χ1) is 11.4. The van der Waals surface area contributed by atoms with Crippen LogP contribution < -0.4 is 10.6 Å².